The molecule has 0 aliphatic heterocycles. The molecule has 1 aromatic rings. The molecule has 0 fully saturated rings. The van der Waals surface area contributed by atoms with Crippen molar-refractivity contribution in [2.75, 3.05) is 5.01 Å². The lowest BCUT2D eigenvalue weighted by Gasteiger charge is -2.12. The Morgan fingerprint density at radius 2 is 1.77 bits per heavy atom. The summed E-state index contributed by atoms with van der Waals surface area (Å²) in [5.41, 5.74) is 0.252. The normalized spacial score (nSPS) is 9.38. The van der Waals surface area contributed by atoms with Crippen LogP contribution in [-0.4, -0.2) is 6.72 Å². The molecule has 1 aromatic carbocycles. The maximum absolute atomic E-state index is 12.7. The zero-order valence-corrected chi connectivity index (χ0v) is 6.87. The van der Waals surface area contributed by atoms with Crippen molar-refractivity contribution in [2.24, 2.45) is 5.10 Å². The summed E-state index contributed by atoms with van der Waals surface area (Å²) in [4.78, 5) is 0. The predicted molar refractivity (Wildman–Crippen MR) is 48.6 cm³/mol. The Labute approximate surface area is 74.8 Å². The number of anilines is 1. The lowest BCUT2D eigenvalue weighted by molar-refractivity contribution is 0.583. The number of hydrogen-bond donors (Lipinski definition) is 0. The first-order chi connectivity index (χ1) is 6.17. The van der Waals surface area contributed by atoms with Crippen molar-refractivity contribution in [3.63, 3.8) is 0 Å². The van der Waals surface area contributed by atoms with Gasteiger partial charge in [0.1, 0.15) is 11.6 Å². The Morgan fingerprint density at radius 1 is 1.23 bits per heavy atom. The third-order valence-corrected chi connectivity index (χ3v) is 1.44. The van der Waals surface area contributed by atoms with Crippen molar-refractivity contribution in [3.05, 3.63) is 42.6 Å². The maximum atomic E-state index is 12.7. The monoisotopic (exact) mass is 182 g/mol. The number of nitrogens with zero attached hydrogens (tertiary/aromatic N) is 2. The second-order valence-corrected chi connectivity index (χ2v) is 2.30. The average molecular weight is 182 g/mol. The molecule has 2 nitrogen and oxygen atoms in total. The summed E-state index contributed by atoms with van der Waals surface area (Å²) >= 11 is 0. The first-order valence-electron chi connectivity index (χ1n) is 3.52. The SMILES string of the molecule is C=CN(N=C)c1cc(F)cc(F)c1. The van der Waals surface area contributed by atoms with Crippen LogP contribution in [0.3, 0.4) is 0 Å². The molecule has 4 heteroatoms. The second kappa shape index (κ2) is 3.80. The first-order valence-corrected chi connectivity index (χ1v) is 3.52. The van der Waals surface area contributed by atoms with Crippen molar-refractivity contribution >= 4 is 12.4 Å². The first kappa shape index (κ1) is 9.38. The van der Waals surface area contributed by atoms with Gasteiger partial charge in [0.05, 0.1) is 5.69 Å². The lowest BCUT2D eigenvalue weighted by Crippen LogP contribution is -2.06. The molecule has 0 amide bonds. The number of hydrogen-bond acceptors (Lipinski definition) is 2. The third-order valence-electron chi connectivity index (χ3n) is 1.44. The highest BCUT2D eigenvalue weighted by molar-refractivity contribution is 5.50. The standard InChI is InChI=1S/C9H8F2N2/c1-3-13(12-2)9-5-7(10)4-8(11)6-9/h3-6H,1-2H2. The van der Waals surface area contributed by atoms with Crippen molar-refractivity contribution in [3.8, 4) is 0 Å². The largest absolute Gasteiger partial charge is 0.242 e. The van der Waals surface area contributed by atoms with Crippen LogP contribution in [0.25, 0.3) is 0 Å². The highest BCUT2D eigenvalue weighted by Crippen LogP contribution is 2.17. The molecule has 0 N–H and O–H groups in total. The van der Waals surface area contributed by atoms with Gasteiger partial charge in [0.25, 0.3) is 0 Å². The Hall–Kier alpha value is -1.71. The van der Waals surface area contributed by atoms with Crippen LogP contribution in [-0.2, 0) is 0 Å². The molecule has 0 saturated heterocycles. The number of benzene rings is 1. The minimum absolute atomic E-state index is 0.252. The molecule has 0 aliphatic carbocycles. The van der Waals surface area contributed by atoms with Crippen molar-refractivity contribution in [2.45, 2.75) is 0 Å². The summed E-state index contributed by atoms with van der Waals surface area (Å²) in [5.74, 6) is -1.32. The van der Waals surface area contributed by atoms with Crippen molar-refractivity contribution in [1.29, 1.82) is 0 Å². The van der Waals surface area contributed by atoms with Gasteiger partial charge < -0.3 is 0 Å². The van der Waals surface area contributed by atoms with E-state index in [1.54, 1.807) is 0 Å². The molecular weight excluding hydrogens is 174 g/mol. The van der Waals surface area contributed by atoms with E-state index >= 15 is 0 Å². The molecule has 0 atom stereocenters. The molecule has 0 aliphatic rings. The van der Waals surface area contributed by atoms with Crippen LogP contribution in [0.1, 0.15) is 0 Å². The fraction of sp³-hybridized carbons (Fsp3) is 0. The summed E-state index contributed by atoms with van der Waals surface area (Å²) in [6.45, 7) is 6.64. The van der Waals surface area contributed by atoms with Crippen LogP contribution in [0.2, 0.25) is 0 Å². The van der Waals surface area contributed by atoms with E-state index < -0.39 is 11.6 Å². The quantitative estimate of drug-likeness (QED) is 0.518. The van der Waals surface area contributed by atoms with Crippen LogP contribution in [0, 0.1) is 11.6 Å². The molecule has 1 rings (SSSR count). The second-order valence-electron chi connectivity index (χ2n) is 2.30. The van der Waals surface area contributed by atoms with Gasteiger partial charge in [-0.3, -0.25) is 0 Å². The van der Waals surface area contributed by atoms with E-state index in [4.69, 9.17) is 0 Å². The van der Waals surface area contributed by atoms with Crippen LogP contribution < -0.4 is 5.01 Å². The van der Waals surface area contributed by atoms with E-state index in [1.165, 1.54) is 11.2 Å². The number of rotatable bonds is 3. The van der Waals surface area contributed by atoms with E-state index in [1.807, 2.05) is 0 Å². The van der Waals surface area contributed by atoms with E-state index in [9.17, 15) is 8.78 Å². The zero-order chi connectivity index (χ0) is 9.84. The fourth-order valence-electron chi connectivity index (χ4n) is 0.916. The minimum Gasteiger partial charge on any atom is -0.242 e. The van der Waals surface area contributed by atoms with Crippen molar-refractivity contribution < 1.29 is 8.78 Å². The fourth-order valence-corrected chi connectivity index (χ4v) is 0.916. The van der Waals surface area contributed by atoms with Crippen LogP contribution in [0.5, 0.6) is 0 Å². The van der Waals surface area contributed by atoms with Crippen LogP contribution >= 0.6 is 0 Å². The van der Waals surface area contributed by atoms with Gasteiger partial charge in [-0.25, -0.2) is 13.8 Å². The van der Waals surface area contributed by atoms with E-state index in [0.717, 1.165) is 18.2 Å². The van der Waals surface area contributed by atoms with Gasteiger partial charge in [0.15, 0.2) is 0 Å². The van der Waals surface area contributed by atoms with Gasteiger partial charge in [0, 0.05) is 19.0 Å². The van der Waals surface area contributed by atoms with Gasteiger partial charge in [-0.05, 0) is 12.1 Å². The average Bonchev–Trinajstić information content (AvgIpc) is 2.04. The molecule has 0 unspecified atom stereocenters. The number of halogens is 2. The van der Waals surface area contributed by atoms with Gasteiger partial charge in [-0.2, -0.15) is 5.10 Å². The third kappa shape index (κ3) is 2.11. The van der Waals surface area contributed by atoms with E-state index in [2.05, 4.69) is 18.4 Å². The maximum Gasteiger partial charge on any atom is 0.128 e. The molecule has 0 bridgehead atoms. The summed E-state index contributed by atoms with van der Waals surface area (Å²) in [6, 6.07) is 3.06. The predicted octanol–water partition coefficient (Wildman–Crippen LogP) is 2.53. The van der Waals surface area contributed by atoms with Gasteiger partial charge in [0.2, 0.25) is 0 Å². The highest BCUT2D eigenvalue weighted by atomic mass is 19.1. The topological polar surface area (TPSA) is 15.6 Å². The van der Waals surface area contributed by atoms with Crippen LogP contribution in [0.4, 0.5) is 14.5 Å². The molecule has 0 saturated carbocycles. The minimum atomic E-state index is -0.662. The smallest absolute Gasteiger partial charge is 0.128 e. The summed E-state index contributed by atoms with van der Waals surface area (Å²) in [7, 11) is 0. The Morgan fingerprint density at radius 3 is 2.15 bits per heavy atom. The molecule has 0 heterocycles. The molecule has 0 spiro atoms. The van der Waals surface area contributed by atoms with Crippen molar-refractivity contribution in [1.82, 2.24) is 0 Å². The Bertz CT molecular complexity index is 308. The molecule has 0 radical (unpaired) electrons. The molecule has 68 valence electrons. The van der Waals surface area contributed by atoms with Gasteiger partial charge in [-0.15, -0.1) is 0 Å². The summed E-state index contributed by atoms with van der Waals surface area (Å²) < 4.78 is 25.4. The molecule has 13 heavy (non-hydrogen) atoms. The molecule has 0 aromatic heterocycles. The lowest BCUT2D eigenvalue weighted by atomic mass is 10.3. The van der Waals surface area contributed by atoms with Crippen LogP contribution in [0.15, 0.2) is 36.1 Å². The Kier molecular flexibility index (Phi) is 2.74. The van der Waals surface area contributed by atoms with E-state index in [-0.39, 0.29) is 5.69 Å². The molecular formula is C9H8F2N2. The van der Waals surface area contributed by atoms with Gasteiger partial charge >= 0.3 is 0 Å². The zero-order valence-electron chi connectivity index (χ0n) is 6.87. The van der Waals surface area contributed by atoms with Gasteiger partial charge in [-0.1, -0.05) is 6.58 Å². The summed E-state index contributed by atoms with van der Waals surface area (Å²) in [5, 5.41) is 4.66. The highest BCUT2D eigenvalue weighted by Gasteiger charge is 2.04. The summed E-state index contributed by atoms with van der Waals surface area (Å²) in [6.07, 6.45) is 1.31. The van der Waals surface area contributed by atoms with E-state index in [0.29, 0.717) is 0 Å². The number of hydrazone groups is 1. The Balaban J connectivity index is 3.12.